The monoisotopic (exact) mass is 431 g/mol. The summed E-state index contributed by atoms with van der Waals surface area (Å²) in [6, 6.07) is 10.4. The molecule has 2 aromatic carbocycles. The van der Waals surface area contributed by atoms with Crippen molar-refractivity contribution in [3.63, 3.8) is 0 Å². The number of esters is 1. The van der Waals surface area contributed by atoms with Crippen LogP contribution in [0.2, 0.25) is 10.0 Å². The van der Waals surface area contributed by atoms with Gasteiger partial charge in [0.15, 0.2) is 17.2 Å². The minimum absolute atomic E-state index is 0.133. The summed E-state index contributed by atoms with van der Waals surface area (Å²) in [4.78, 5) is 16.5. The molecule has 0 saturated heterocycles. The summed E-state index contributed by atoms with van der Waals surface area (Å²) in [7, 11) is 0. The second kappa shape index (κ2) is 9.16. The van der Waals surface area contributed by atoms with Gasteiger partial charge in [-0.15, -0.1) is 0 Å². The van der Waals surface area contributed by atoms with Crippen LogP contribution in [0.25, 0.3) is 6.08 Å². The van der Waals surface area contributed by atoms with E-state index in [1.165, 1.54) is 0 Å². The van der Waals surface area contributed by atoms with Gasteiger partial charge in [0, 0.05) is 0 Å². The van der Waals surface area contributed by atoms with Gasteiger partial charge in [-0.25, -0.2) is 9.79 Å². The molecule has 0 atom stereocenters. The van der Waals surface area contributed by atoms with Crippen molar-refractivity contribution in [1.82, 2.24) is 0 Å². The van der Waals surface area contributed by atoms with E-state index in [4.69, 9.17) is 37.4 Å². The van der Waals surface area contributed by atoms with Gasteiger partial charge in [0.25, 0.3) is 0 Å². The maximum absolute atomic E-state index is 12.3. The van der Waals surface area contributed by atoms with Gasteiger partial charge in [-0.2, -0.15) is 0 Å². The van der Waals surface area contributed by atoms with Crippen LogP contribution in [-0.4, -0.2) is 25.1 Å². The molecule has 150 valence electrons. The Morgan fingerprint density at radius 1 is 1.21 bits per heavy atom. The topological polar surface area (TPSA) is 57.1 Å². The Bertz CT molecular complexity index is 1030. The lowest BCUT2D eigenvalue weighted by Crippen LogP contribution is -2.05. The van der Waals surface area contributed by atoms with E-state index >= 15 is 0 Å². The number of hydrogen-bond donors (Lipinski definition) is 0. The number of ether oxygens (including phenoxy) is 3. The molecule has 0 radical (unpaired) electrons. The molecule has 1 aliphatic rings. The molecular weight excluding hydrogens is 413 g/mol. The quantitative estimate of drug-likeness (QED) is 0.320. The molecule has 0 aliphatic carbocycles. The van der Waals surface area contributed by atoms with E-state index in [1.54, 1.807) is 42.5 Å². The fourth-order valence-corrected chi connectivity index (χ4v) is 3.08. The van der Waals surface area contributed by atoms with Crippen molar-refractivity contribution < 1.29 is 19.0 Å². The highest BCUT2D eigenvalue weighted by Crippen LogP contribution is 2.38. The molecular formula is C22H19Cl2NO4. The maximum atomic E-state index is 12.3. The van der Waals surface area contributed by atoms with Gasteiger partial charge in [-0.05, 0) is 55.3 Å². The zero-order chi connectivity index (χ0) is 21.0. The van der Waals surface area contributed by atoms with Crippen molar-refractivity contribution in [3.8, 4) is 11.5 Å². The van der Waals surface area contributed by atoms with Gasteiger partial charge < -0.3 is 14.2 Å². The lowest BCUT2D eigenvalue weighted by molar-refractivity contribution is -0.129. The van der Waals surface area contributed by atoms with Gasteiger partial charge in [-0.3, -0.25) is 0 Å². The Balaban J connectivity index is 1.96. The standard InChI is InChI=1S/C22H19Cl2NO4/c1-4-27-19-11-14(9-17(24)20(19)28-12-13(2)3)10-18-22(26)29-21(25-18)15-7-5-6-8-16(15)23/h5-11H,2,4,12H2,1,3H3/b18-10-. The van der Waals surface area contributed by atoms with E-state index in [9.17, 15) is 4.79 Å². The fraction of sp³-hybridized carbons (Fsp3) is 0.182. The fourth-order valence-electron chi connectivity index (χ4n) is 2.59. The van der Waals surface area contributed by atoms with Crippen LogP contribution < -0.4 is 9.47 Å². The van der Waals surface area contributed by atoms with Gasteiger partial charge in [0.2, 0.25) is 5.90 Å². The number of carbonyl (C=O) groups is 1. The number of halogens is 2. The van der Waals surface area contributed by atoms with Crippen LogP contribution in [0.1, 0.15) is 25.0 Å². The number of hydrogen-bond acceptors (Lipinski definition) is 5. The summed E-state index contributed by atoms with van der Waals surface area (Å²) in [5.74, 6) is 0.476. The number of rotatable bonds is 7. The van der Waals surface area contributed by atoms with E-state index in [2.05, 4.69) is 11.6 Å². The van der Waals surface area contributed by atoms with Gasteiger partial charge in [-0.1, -0.05) is 41.9 Å². The first-order valence-electron chi connectivity index (χ1n) is 8.90. The summed E-state index contributed by atoms with van der Waals surface area (Å²) < 4.78 is 16.6. The van der Waals surface area contributed by atoms with Crippen molar-refractivity contribution in [3.05, 3.63) is 75.4 Å². The molecule has 7 heteroatoms. The first-order valence-corrected chi connectivity index (χ1v) is 9.65. The van der Waals surface area contributed by atoms with Crippen LogP contribution in [0.3, 0.4) is 0 Å². The summed E-state index contributed by atoms with van der Waals surface area (Å²) in [5.41, 5.74) is 2.15. The van der Waals surface area contributed by atoms with Crippen LogP contribution in [0.4, 0.5) is 0 Å². The lowest BCUT2D eigenvalue weighted by atomic mass is 10.1. The highest BCUT2D eigenvalue weighted by atomic mass is 35.5. The third kappa shape index (κ3) is 5.00. The third-order valence-electron chi connectivity index (χ3n) is 3.82. The lowest BCUT2D eigenvalue weighted by Gasteiger charge is -2.14. The number of carbonyl (C=O) groups excluding carboxylic acids is 1. The molecule has 1 aliphatic heterocycles. The van der Waals surface area contributed by atoms with Crippen LogP contribution in [-0.2, 0) is 9.53 Å². The smallest absolute Gasteiger partial charge is 0.363 e. The third-order valence-corrected chi connectivity index (χ3v) is 4.43. The molecule has 0 saturated carbocycles. The second-order valence-electron chi connectivity index (χ2n) is 6.32. The molecule has 29 heavy (non-hydrogen) atoms. The van der Waals surface area contributed by atoms with Crippen molar-refractivity contribution in [2.24, 2.45) is 4.99 Å². The molecule has 0 aromatic heterocycles. The minimum atomic E-state index is -0.573. The number of nitrogens with zero attached hydrogens (tertiary/aromatic N) is 1. The number of benzene rings is 2. The highest BCUT2D eigenvalue weighted by molar-refractivity contribution is 6.34. The molecule has 1 heterocycles. The van der Waals surface area contributed by atoms with E-state index in [-0.39, 0.29) is 11.6 Å². The molecule has 2 aromatic rings. The van der Waals surface area contributed by atoms with Gasteiger partial charge in [0.05, 0.1) is 22.2 Å². The van der Waals surface area contributed by atoms with Gasteiger partial charge >= 0.3 is 5.97 Å². The maximum Gasteiger partial charge on any atom is 0.363 e. The van der Waals surface area contributed by atoms with Crippen molar-refractivity contribution in [2.45, 2.75) is 13.8 Å². The number of cyclic esters (lactones) is 1. The largest absolute Gasteiger partial charge is 0.490 e. The second-order valence-corrected chi connectivity index (χ2v) is 7.14. The van der Waals surface area contributed by atoms with E-state index < -0.39 is 5.97 Å². The Hall–Kier alpha value is -2.76. The molecule has 0 bridgehead atoms. The summed E-state index contributed by atoms with van der Waals surface area (Å²) in [5, 5.41) is 0.798. The van der Waals surface area contributed by atoms with Crippen LogP contribution >= 0.6 is 23.2 Å². The van der Waals surface area contributed by atoms with Crippen LogP contribution in [0.15, 0.2) is 59.2 Å². The SMILES string of the molecule is C=C(C)COc1c(Cl)cc(/C=C2\N=C(c3ccccc3Cl)OC2=O)cc1OCC. The Morgan fingerprint density at radius 2 is 1.97 bits per heavy atom. The first-order chi connectivity index (χ1) is 13.9. The zero-order valence-corrected chi connectivity index (χ0v) is 17.5. The Morgan fingerprint density at radius 3 is 2.66 bits per heavy atom. The average molecular weight is 432 g/mol. The molecule has 0 amide bonds. The average Bonchev–Trinajstić information content (AvgIpc) is 3.01. The molecule has 0 N–H and O–H groups in total. The minimum Gasteiger partial charge on any atom is -0.490 e. The Labute approximate surface area is 179 Å². The van der Waals surface area contributed by atoms with Crippen molar-refractivity contribution in [1.29, 1.82) is 0 Å². The molecule has 0 fully saturated rings. The molecule has 5 nitrogen and oxygen atoms in total. The summed E-state index contributed by atoms with van der Waals surface area (Å²) in [6.07, 6.45) is 1.57. The normalized spacial score (nSPS) is 14.6. The molecule has 3 rings (SSSR count). The summed E-state index contributed by atoms with van der Waals surface area (Å²) >= 11 is 12.5. The predicted octanol–water partition coefficient (Wildman–Crippen LogP) is 5.69. The molecule has 0 unspecified atom stereocenters. The van der Waals surface area contributed by atoms with Crippen molar-refractivity contribution >= 4 is 41.1 Å². The van der Waals surface area contributed by atoms with E-state index in [1.807, 2.05) is 13.8 Å². The van der Waals surface area contributed by atoms with Crippen LogP contribution in [0.5, 0.6) is 11.5 Å². The molecule has 0 spiro atoms. The highest BCUT2D eigenvalue weighted by Gasteiger charge is 2.25. The van der Waals surface area contributed by atoms with E-state index in [0.717, 1.165) is 5.57 Å². The van der Waals surface area contributed by atoms with Gasteiger partial charge in [0.1, 0.15) is 6.61 Å². The summed E-state index contributed by atoms with van der Waals surface area (Å²) in [6.45, 7) is 8.27. The Kier molecular flexibility index (Phi) is 6.62. The predicted molar refractivity (Wildman–Crippen MR) is 115 cm³/mol. The zero-order valence-electron chi connectivity index (χ0n) is 16.0. The number of aliphatic imine (C=N–C) groups is 1. The van der Waals surface area contributed by atoms with Crippen molar-refractivity contribution in [2.75, 3.05) is 13.2 Å². The van der Waals surface area contributed by atoms with Crippen LogP contribution in [0, 0.1) is 0 Å². The van der Waals surface area contributed by atoms with E-state index in [0.29, 0.717) is 45.9 Å². The first kappa shape index (κ1) is 21.0.